The third-order valence-corrected chi connectivity index (χ3v) is 3.22. The number of halogens is 2. The third-order valence-electron chi connectivity index (χ3n) is 2.60. The molecule has 2 aromatic rings. The fourth-order valence-electron chi connectivity index (χ4n) is 1.64. The summed E-state index contributed by atoms with van der Waals surface area (Å²) in [5.41, 5.74) is 0.839. The lowest BCUT2D eigenvalue weighted by atomic mass is 10.2. The number of carbonyl (C=O) groups excluding carboxylic acids is 1. The Kier molecular flexibility index (Phi) is 5.20. The van der Waals surface area contributed by atoms with Crippen LogP contribution in [0.5, 0.6) is 5.75 Å². The highest BCUT2D eigenvalue weighted by atomic mass is 35.5. The van der Waals surface area contributed by atoms with Crippen LogP contribution in [-0.4, -0.2) is 19.3 Å². The second-order valence-electron chi connectivity index (χ2n) is 3.96. The number of nitrogens with zero attached hydrogens (tertiary/aromatic N) is 1. The molecule has 4 nitrogen and oxygen atoms in total. The van der Waals surface area contributed by atoms with Gasteiger partial charge in [-0.25, -0.2) is 4.79 Å². The van der Waals surface area contributed by atoms with E-state index in [1.165, 1.54) is 25.5 Å². The molecular weight excluding hydrogens is 313 g/mol. The highest BCUT2D eigenvalue weighted by Crippen LogP contribution is 2.34. The molecule has 108 valence electrons. The lowest BCUT2D eigenvalue weighted by molar-refractivity contribution is 0.0516. The Balaban J connectivity index is 2.18. The minimum Gasteiger partial charge on any atom is -0.494 e. The summed E-state index contributed by atoms with van der Waals surface area (Å²) in [6.45, 7) is 0. The van der Waals surface area contributed by atoms with Crippen LogP contribution in [0.15, 0.2) is 47.6 Å². The maximum atomic E-state index is 12.0. The molecule has 0 bridgehead atoms. The highest BCUT2D eigenvalue weighted by molar-refractivity contribution is 6.37. The van der Waals surface area contributed by atoms with Crippen LogP contribution in [0.25, 0.3) is 0 Å². The van der Waals surface area contributed by atoms with E-state index in [0.29, 0.717) is 0 Å². The van der Waals surface area contributed by atoms with Gasteiger partial charge in [-0.2, -0.15) is 0 Å². The normalized spacial score (nSPS) is 10.6. The van der Waals surface area contributed by atoms with Crippen molar-refractivity contribution in [1.29, 1.82) is 0 Å². The van der Waals surface area contributed by atoms with E-state index in [9.17, 15) is 4.79 Å². The lowest BCUT2D eigenvalue weighted by Crippen LogP contribution is -2.05. The summed E-state index contributed by atoms with van der Waals surface area (Å²) < 4.78 is 5.07. The molecule has 2 rings (SSSR count). The lowest BCUT2D eigenvalue weighted by Gasteiger charge is -2.09. The molecule has 0 fully saturated rings. The van der Waals surface area contributed by atoms with Crippen molar-refractivity contribution in [3.8, 4) is 5.75 Å². The van der Waals surface area contributed by atoms with Crippen LogP contribution in [0.1, 0.15) is 15.9 Å². The number of oxime groups is 1. The molecule has 0 unspecified atom stereocenters. The van der Waals surface area contributed by atoms with Crippen LogP contribution in [0.3, 0.4) is 0 Å². The van der Waals surface area contributed by atoms with Gasteiger partial charge >= 0.3 is 5.97 Å². The first-order valence-electron chi connectivity index (χ1n) is 5.95. The maximum Gasteiger partial charge on any atom is 0.371 e. The van der Waals surface area contributed by atoms with Gasteiger partial charge in [0.1, 0.15) is 5.56 Å². The monoisotopic (exact) mass is 323 g/mol. The first kappa shape index (κ1) is 15.4. The van der Waals surface area contributed by atoms with E-state index in [-0.39, 0.29) is 21.4 Å². The first-order chi connectivity index (χ1) is 10.1. The molecule has 2 aromatic carbocycles. The number of benzene rings is 2. The van der Waals surface area contributed by atoms with Crippen molar-refractivity contribution in [1.82, 2.24) is 0 Å². The minimum atomic E-state index is -0.744. The van der Waals surface area contributed by atoms with E-state index in [2.05, 4.69) is 5.16 Å². The van der Waals surface area contributed by atoms with Crippen LogP contribution < -0.4 is 4.74 Å². The van der Waals surface area contributed by atoms with Gasteiger partial charge in [0.25, 0.3) is 0 Å². The van der Waals surface area contributed by atoms with E-state index in [1.807, 2.05) is 30.3 Å². The quantitative estimate of drug-likeness (QED) is 0.481. The summed E-state index contributed by atoms with van der Waals surface area (Å²) in [5.74, 6) is -0.587. The van der Waals surface area contributed by atoms with Gasteiger partial charge in [-0.15, -0.1) is 0 Å². The van der Waals surface area contributed by atoms with Crippen molar-refractivity contribution in [2.45, 2.75) is 0 Å². The molecule has 0 saturated carbocycles. The maximum absolute atomic E-state index is 12.0. The Bertz CT molecular complexity index is 672. The molecule has 0 spiro atoms. The summed E-state index contributed by atoms with van der Waals surface area (Å²) in [7, 11) is 1.39. The van der Waals surface area contributed by atoms with Crippen LogP contribution in [0, 0.1) is 0 Å². The van der Waals surface area contributed by atoms with Crippen molar-refractivity contribution >= 4 is 35.4 Å². The molecule has 0 aromatic heterocycles. The van der Waals surface area contributed by atoms with Gasteiger partial charge in [0, 0.05) is 0 Å². The number of hydrogen-bond acceptors (Lipinski definition) is 4. The number of methoxy groups -OCH3 is 1. The Morgan fingerprint density at radius 3 is 2.43 bits per heavy atom. The van der Waals surface area contributed by atoms with Gasteiger partial charge < -0.3 is 9.57 Å². The van der Waals surface area contributed by atoms with Crippen molar-refractivity contribution in [3.63, 3.8) is 0 Å². The highest BCUT2D eigenvalue weighted by Gasteiger charge is 2.21. The molecule has 0 N–H and O–H groups in total. The van der Waals surface area contributed by atoms with Crippen molar-refractivity contribution in [2.24, 2.45) is 5.16 Å². The average Bonchev–Trinajstić information content (AvgIpc) is 2.50. The first-order valence-corrected chi connectivity index (χ1v) is 6.71. The summed E-state index contributed by atoms with van der Waals surface area (Å²) in [6.07, 6.45) is 1.42. The standard InChI is InChI=1S/C15H11Cl2NO3/c1-20-14-12(17)8-7-11(16)13(14)15(19)21-18-9-10-5-3-2-4-6-10/h2-9H,1H3/b18-9+. The largest absolute Gasteiger partial charge is 0.494 e. The van der Waals surface area contributed by atoms with E-state index in [1.54, 1.807) is 0 Å². The van der Waals surface area contributed by atoms with Gasteiger partial charge in [-0.3, -0.25) is 0 Å². The molecule has 0 atom stereocenters. The van der Waals surface area contributed by atoms with Crippen molar-refractivity contribution < 1.29 is 14.4 Å². The Morgan fingerprint density at radius 2 is 1.76 bits per heavy atom. The van der Waals surface area contributed by atoms with E-state index < -0.39 is 5.97 Å². The zero-order valence-corrected chi connectivity index (χ0v) is 12.6. The van der Waals surface area contributed by atoms with Gasteiger partial charge in [0.2, 0.25) is 0 Å². The zero-order valence-electron chi connectivity index (χ0n) is 11.0. The van der Waals surface area contributed by atoms with Crippen LogP contribution in [0.2, 0.25) is 10.0 Å². The van der Waals surface area contributed by atoms with E-state index in [0.717, 1.165) is 5.56 Å². The summed E-state index contributed by atoms with van der Waals surface area (Å²) >= 11 is 11.9. The summed E-state index contributed by atoms with van der Waals surface area (Å²) in [5, 5.41) is 4.07. The average molecular weight is 324 g/mol. The van der Waals surface area contributed by atoms with Crippen molar-refractivity contribution in [3.05, 3.63) is 63.6 Å². The molecule has 0 aliphatic heterocycles. The number of hydrogen-bond donors (Lipinski definition) is 0. The van der Waals surface area contributed by atoms with E-state index >= 15 is 0 Å². The second-order valence-corrected chi connectivity index (χ2v) is 4.78. The zero-order chi connectivity index (χ0) is 15.2. The predicted octanol–water partition coefficient (Wildman–Crippen LogP) is 4.19. The van der Waals surface area contributed by atoms with Crippen molar-refractivity contribution in [2.75, 3.05) is 7.11 Å². The number of rotatable bonds is 4. The van der Waals surface area contributed by atoms with Crippen LogP contribution in [0.4, 0.5) is 0 Å². The predicted molar refractivity (Wildman–Crippen MR) is 82.5 cm³/mol. The topological polar surface area (TPSA) is 47.9 Å². The Hall–Kier alpha value is -2.04. The molecule has 6 heteroatoms. The number of carbonyl (C=O) groups is 1. The molecule has 0 saturated heterocycles. The SMILES string of the molecule is COc1c(Cl)ccc(Cl)c1C(=O)O/N=C/c1ccccc1. The fraction of sp³-hybridized carbons (Fsp3) is 0.0667. The molecule has 0 heterocycles. The minimum absolute atomic E-state index is 0.0388. The fourth-order valence-corrected chi connectivity index (χ4v) is 2.10. The van der Waals surface area contributed by atoms with Gasteiger partial charge in [0.05, 0.1) is 23.4 Å². The molecule has 21 heavy (non-hydrogen) atoms. The second kappa shape index (κ2) is 7.11. The van der Waals surface area contributed by atoms with Crippen LogP contribution in [-0.2, 0) is 4.84 Å². The molecular formula is C15H11Cl2NO3. The Morgan fingerprint density at radius 1 is 1.10 bits per heavy atom. The summed E-state index contributed by atoms with van der Waals surface area (Å²) in [4.78, 5) is 16.8. The Labute approximate surface area is 131 Å². The number of ether oxygens (including phenoxy) is 1. The third kappa shape index (κ3) is 3.74. The van der Waals surface area contributed by atoms with E-state index in [4.69, 9.17) is 32.8 Å². The van der Waals surface area contributed by atoms with Gasteiger partial charge in [-0.05, 0) is 17.7 Å². The summed E-state index contributed by atoms with van der Waals surface area (Å²) in [6, 6.07) is 12.2. The molecule has 0 amide bonds. The molecule has 0 radical (unpaired) electrons. The van der Waals surface area contributed by atoms with Crippen LogP contribution >= 0.6 is 23.2 Å². The molecule has 0 aliphatic rings. The van der Waals surface area contributed by atoms with Gasteiger partial charge in [-0.1, -0.05) is 58.7 Å². The molecule has 0 aliphatic carbocycles. The smallest absolute Gasteiger partial charge is 0.371 e. The van der Waals surface area contributed by atoms with Gasteiger partial charge in [0.15, 0.2) is 5.75 Å².